The molecule has 0 fully saturated rings. The summed E-state index contributed by atoms with van der Waals surface area (Å²) in [5.41, 5.74) is 2.04. The molecular weight excluding hydrogens is 252 g/mol. The fraction of sp³-hybridized carbons (Fsp3) is 0.200. The van der Waals surface area contributed by atoms with Crippen molar-refractivity contribution in [3.8, 4) is 11.3 Å². The second-order valence-corrected chi connectivity index (χ2v) is 4.43. The Kier molecular flexibility index (Phi) is 3.50. The van der Waals surface area contributed by atoms with Crippen molar-refractivity contribution in [1.82, 2.24) is 14.5 Å². The molecule has 20 heavy (non-hydrogen) atoms. The summed E-state index contributed by atoms with van der Waals surface area (Å²) in [6, 6.07) is 8.06. The number of hydrogen-bond acceptors (Lipinski definition) is 4. The van der Waals surface area contributed by atoms with Crippen molar-refractivity contribution in [3.63, 3.8) is 0 Å². The van der Waals surface area contributed by atoms with Crippen LogP contribution < -0.4 is 5.32 Å². The van der Waals surface area contributed by atoms with Crippen molar-refractivity contribution in [1.29, 1.82) is 0 Å². The molecule has 5 nitrogen and oxygen atoms in total. The van der Waals surface area contributed by atoms with Crippen molar-refractivity contribution in [2.45, 2.75) is 20.0 Å². The summed E-state index contributed by atoms with van der Waals surface area (Å²) >= 11 is 0. The number of aryl methyl sites for hydroxylation is 1. The molecule has 0 saturated heterocycles. The molecule has 0 spiro atoms. The van der Waals surface area contributed by atoms with Gasteiger partial charge in [0, 0.05) is 30.2 Å². The highest BCUT2D eigenvalue weighted by molar-refractivity contribution is 5.63. The second-order valence-electron chi connectivity index (χ2n) is 4.43. The summed E-state index contributed by atoms with van der Waals surface area (Å²) < 4.78 is 7.42. The first-order valence-corrected chi connectivity index (χ1v) is 6.59. The van der Waals surface area contributed by atoms with Gasteiger partial charge in [0.05, 0.1) is 12.7 Å². The molecule has 0 aliphatic heterocycles. The van der Waals surface area contributed by atoms with Gasteiger partial charge in [-0.3, -0.25) is 0 Å². The van der Waals surface area contributed by atoms with Crippen LogP contribution in [-0.2, 0) is 13.1 Å². The number of rotatable bonds is 5. The van der Waals surface area contributed by atoms with Crippen molar-refractivity contribution in [2.75, 3.05) is 5.32 Å². The first-order chi connectivity index (χ1) is 9.86. The van der Waals surface area contributed by atoms with E-state index in [-0.39, 0.29) is 0 Å². The molecule has 1 N–H and O–H groups in total. The maximum Gasteiger partial charge on any atom is 0.181 e. The third kappa shape index (κ3) is 2.56. The lowest BCUT2D eigenvalue weighted by molar-refractivity contribution is 0.572. The van der Waals surface area contributed by atoms with Crippen molar-refractivity contribution < 1.29 is 4.42 Å². The first-order valence-electron chi connectivity index (χ1n) is 6.59. The molecule has 2 heterocycles. The monoisotopic (exact) mass is 268 g/mol. The lowest BCUT2D eigenvalue weighted by atomic mass is 10.1. The molecule has 0 saturated carbocycles. The van der Waals surface area contributed by atoms with Crippen LogP contribution in [0.5, 0.6) is 0 Å². The van der Waals surface area contributed by atoms with E-state index in [1.54, 1.807) is 6.20 Å². The van der Waals surface area contributed by atoms with Gasteiger partial charge < -0.3 is 14.3 Å². The van der Waals surface area contributed by atoms with Crippen molar-refractivity contribution in [2.24, 2.45) is 0 Å². The van der Waals surface area contributed by atoms with E-state index in [2.05, 4.69) is 26.8 Å². The Morgan fingerprint density at radius 2 is 2.30 bits per heavy atom. The van der Waals surface area contributed by atoms with E-state index in [0.29, 0.717) is 6.54 Å². The van der Waals surface area contributed by atoms with Crippen LogP contribution in [-0.4, -0.2) is 14.5 Å². The Labute approximate surface area is 117 Å². The molecule has 3 rings (SSSR count). The molecule has 0 amide bonds. The van der Waals surface area contributed by atoms with E-state index in [1.807, 2.05) is 36.7 Å². The van der Waals surface area contributed by atoms with Gasteiger partial charge in [-0.1, -0.05) is 12.1 Å². The Morgan fingerprint density at radius 1 is 1.35 bits per heavy atom. The molecule has 2 aromatic heterocycles. The molecule has 5 heteroatoms. The molecule has 102 valence electrons. The highest BCUT2D eigenvalue weighted by Crippen LogP contribution is 2.22. The Morgan fingerprint density at radius 3 is 3.10 bits per heavy atom. The fourth-order valence-corrected chi connectivity index (χ4v) is 2.12. The zero-order valence-corrected chi connectivity index (χ0v) is 11.3. The summed E-state index contributed by atoms with van der Waals surface area (Å²) in [6.07, 6.45) is 6.96. The SMILES string of the molecule is CCn1ccnc1CNc1cccc(-c2cnco2)c1. The number of nitrogens with zero attached hydrogens (tertiary/aromatic N) is 3. The normalized spacial score (nSPS) is 10.7. The first kappa shape index (κ1) is 12.5. The van der Waals surface area contributed by atoms with E-state index in [1.165, 1.54) is 6.39 Å². The minimum absolute atomic E-state index is 0.695. The Hall–Kier alpha value is -2.56. The van der Waals surface area contributed by atoms with Crippen molar-refractivity contribution >= 4 is 5.69 Å². The highest BCUT2D eigenvalue weighted by Gasteiger charge is 2.04. The van der Waals surface area contributed by atoms with Crippen LogP contribution in [0.1, 0.15) is 12.7 Å². The molecule has 3 aromatic rings. The topological polar surface area (TPSA) is 55.9 Å². The van der Waals surface area contributed by atoms with Crippen LogP contribution in [0, 0.1) is 0 Å². The number of nitrogens with one attached hydrogen (secondary N) is 1. The van der Waals surface area contributed by atoms with E-state index in [9.17, 15) is 0 Å². The molecular formula is C15H16N4O. The van der Waals surface area contributed by atoms with Gasteiger partial charge >= 0.3 is 0 Å². The number of imidazole rings is 1. The summed E-state index contributed by atoms with van der Waals surface area (Å²) in [7, 11) is 0. The predicted molar refractivity (Wildman–Crippen MR) is 77.2 cm³/mol. The average Bonchev–Trinajstić information content (AvgIpc) is 3.16. The standard InChI is InChI=1S/C15H16N4O/c1-2-19-7-6-17-15(19)10-18-13-5-3-4-12(8-13)14-9-16-11-20-14/h3-9,11,18H,2,10H2,1H3. The van der Waals surface area contributed by atoms with E-state index >= 15 is 0 Å². The van der Waals surface area contributed by atoms with Gasteiger partial charge in [-0.2, -0.15) is 0 Å². The summed E-state index contributed by atoms with van der Waals surface area (Å²) in [5, 5.41) is 3.38. The number of aromatic nitrogens is 3. The molecule has 0 bridgehead atoms. The fourth-order valence-electron chi connectivity index (χ4n) is 2.12. The van der Waals surface area contributed by atoms with Gasteiger partial charge in [-0.15, -0.1) is 0 Å². The Balaban J connectivity index is 1.74. The second kappa shape index (κ2) is 5.61. The smallest absolute Gasteiger partial charge is 0.181 e. The van der Waals surface area contributed by atoms with Crippen LogP contribution in [0.4, 0.5) is 5.69 Å². The average molecular weight is 268 g/mol. The highest BCUT2D eigenvalue weighted by atomic mass is 16.3. The quantitative estimate of drug-likeness (QED) is 0.772. The van der Waals surface area contributed by atoms with Crippen LogP contribution in [0.3, 0.4) is 0 Å². The molecule has 0 radical (unpaired) electrons. The lowest BCUT2D eigenvalue weighted by Crippen LogP contribution is -2.07. The largest absolute Gasteiger partial charge is 0.444 e. The van der Waals surface area contributed by atoms with Crippen LogP contribution in [0.15, 0.2) is 53.7 Å². The number of benzene rings is 1. The van der Waals surface area contributed by atoms with E-state index < -0.39 is 0 Å². The minimum atomic E-state index is 0.695. The lowest BCUT2D eigenvalue weighted by Gasteiger charge is -2.08. The summed E-state index contributed by atoms with van der Waals surface area (Å²) in [5.74, 6) is 1.79. The van der Waals surface area contributed by atoms with Gasteiger partial charge in [0.15, 0.2) is 12.2 Å². The van der Waals surface area contributed by atoms with Crippen LogP contribution in [0.25, 0.3) is 11.3 Å². The van der Waals surface area contributed by atoms with E-state index in [4.69, 9.17) is 4.42 Å². The third-order valence-corrected chi connectivity index (χ3v) is 3.17. The number of hydrogen-bond donors (Lipinski definition) is 1. The zero-order valence-electron chi connectivity index (χ0n) is 11.3. The molecule has 0 aliphatic carbocycles. The maximum absolute atomic E-state index is 5.31. The predicted octanol–water partition coefficient (Wildman–Crippen LogP) is 3.17. The minimum Gasteiger partial charge on any atom is -0.444 e. The van der Waals surface area contributed by atoms with Gasteiger partial charge in [-0.25, -0.2) is 9.97 Å². The van der Waals surface area contributed by atoms with Gasteiger partial charge in [0.2, 0.25) is 0 Å². The zero-order chi connectivity index (χ0) is 13.8. The Bertz CT molecular complexity index is 673. The van der Waals surface area contributed by atoms with Gasteiger partial charge in [0.1, 0.15) is 5.82 Å². The molecule has 0 aliphatic rings. The van der Waals surface area contributed by atoms with Gasteiger partial charge in [0.25, 0.3) is 0 Å². The van der Waals surface area contributed by atoms with Crippen LogP contribution in [0.2, 0.25) is 0 Å². The molecule has 0 unspecified atom stereocenters. The molecule has 1 aromatic carbocycles. The maximum atomic E-state index is 5.31. The molecule has 0 atom stereocenters. The van der Waals surface area contributed by atoms with E-state index in [0.717, 1.165) is 29.4 Å². The van der Waals surface area contributed by atoms with Crippen molar-refractivity contribution in [3.05, 3.63) is 55.1 Å². The van der Waals surface area contributed by atoms with Crippen LogP contribution >= 0.6 is 0 Å². The summed E-state index contributed by atoms with van der Waals surface area (Å²) in [6.45, 7) is 3.73. The van der Waals surface area contributed by atoms with Gasteiger partial charge in [-0.05, 0) is 19.1 Å². The third-order valence-electron chi connectivity index (χ3n) is 3.17. The number of anilines is 1. The number of oxazole rings is 1. The summed E-state index contributed by atoms with van der Waals surface area (Å²) in [4.78, 5) is 8.28.